The van der Waals surface area contributed by atoms with E-state index in [1.165, 1.54) is 7.11 Å². The summed E-state index contributed by atoms with van der Waals surface area (Å²) in [6.07, 6.45) is -0.167. The van der Waals surface area contributed by atoms with E-state index in [9.17, 15) is 9.90 Å². The van der Waals surface area contributed by atoms with E-state index < -0.39 is 17.8 Å². The molecular formula is C10H20O4. The van der Waals surface area contributed by atoms with Crippen LogP contribution in [-0.2, 0) is 14.3 Å². The van der Waals surface area contributed by atoms with E-state index >= 15 is 0 Å². The number of hydrogen-bond acceptors (Lipinski definition) is 4. The van der Waals surface area contributed by atoms with Gasteiger partial charge in [-0.1, -0.05) is 0 Å². The van der Waals surface area contributed by atoms with Gasteiger partial charge in [0.1, 0.15) is 18.0 Å². The summed E-state index contributed by atoms with van der Waals surface area (Å²) in [5.41, 5.74) is -0.758. The van der Waals surface area contributed by atoms with Gasteiger partial charge in [0.25, 0.3) is 0 Å². The molecule has 0 heterocycles. The van der Waals surface area contributed by atoms with Crippen molar-refractivity contribution in [2.45, 2.75) is 45.0 Å². The minimum absolute atomic E-state index is 0.207. The SMILES string of the molecule is CCO[C@@H]([C@H](C)O)[C@@](C)(CC=O)OC. The average molecular weight is 204 g/mol. The number of aliphatic hydroxyl groups is 1. The molecule has 4 nitrogen and oxygen atoms in total. The van der Waals surface area contributed by atoms with E-state index in [-0.39, 0.29) is 6.42 Å². The van der Waals surface area contributed by atoms with Crippen molar-refractivity contribution < 1.29 is 19.4 Å². The molecule has 0 fully saturated rings. The smallest absolute Gasteiger partial charge is 0.122 e. The third-order valence-electron chi connectivity index (χ3n) is 2.34. The molecule has 0 aliphatic rings. The summed E-state index contributed by atoms with van der Waals surface area (Å²) in [7, 11) is 1.51. The molecule has 0 aliphatic carbocycles. The van der Waals surface area contributed by atoms with Crippen LogP contribution in [0, 0.1) is 0 Å². The fourth-order valence-electron chi connectivity index (χ4n) is 1.49. The van der Waals surface area contributed by atoms with Gasteiger partial charge in [0.15, 0.2) is 0 Å². The molecule has 1 N–H and O–H groups in total. The van der Waals surface area contributed by atoms with Gasteiger partial charge in [0.05, 0.1) is 6.10 Å². The normalized spacial score (nSPS) is 19.8. The lowest BCUT2D eigenvalue weighted by Gasteiger charge is -2.36. The molecule has 14 heavy (non-hydrogen) atoms. The number of carbonyl (C=O) groups excluding carboxylic acids is 1. The molecular weight excluding hydrogens is 184 g/mol. The van der Waals surface area contributed by atoms with Crippen LogP contribution >= 0.6 is 0 Å². The highest BCUT2D eigenvalue weighted by Crippen LogP contribution is 2.23. The van der Waals surface area contributed by atoms with Gasteiger partial charge >= 0.3 is 0 Å². The van der Waals surface area contributed by atoms with Gasteiger partial charge in [-0.2, -0.15) is 0 Å². The van der Waals surface area contributed by atoms with E-state index in [0.29, 0.717) is 6.61 Å². The van der Waals surface area contributed by atoms with Crippen molar-refractivity contribution in [2.24, 2.45) is 0 Å². The Balaban J connectivity index is 4.62. The Kier molecular flexibility index (Phi) is 5.92. The van der Waals surface area contributed by atoms with Crippen molar-refractivity contribution in [3.8, 4) is 0 Å². The minimum atomic E-state index is -0.758. The molecule has 0 aromatic heterocycles. The molecule has 84 valence electrons. The van der Waals surface area contributed by atoms with Gasteiger partial charge in [0, 0.05) is 20.1 Å². The van der Waals surface area contributed by atoms with Gasteiger partial charge < -0.3 is 19.4 Å². The quantitative estimate of drug-likeness (QED) is 0.622. The number of carbonyl (C=O) groups is 1. The lowest BCUT2D eigenvalue weighted by molar-refractivity contribution is -0.160. The molecule has 0 saturated heterocycles. The minimum Gasteiger partial charge on any atom is -0.391 e. The van der Waals surface area contributed by atoms with E-state index in [1.54, 1.807) is 13.8 Å². The molecule has 0 spiro atoms. The second-order valence-corrected chi connectivity index (χ2v) is 3.50. The molecule has 0 bridgehead atoms. The van der Waals surface area contributed by atoms with Crippen LogP contribution in [0.25, 0.3) is 0 Å². The van der Waals surface area contributed by atoms with Gasteiger partial charge in [-0.25, -0.2) is 0 Å². The first-order valence-corrected chi connectivity index (χ1v) is 4.80. The summed E-state index contributed by atoms with van der Waals surface area (Å²) in [5, 5.41) is 9.52. The molecule has 0 aliphatic heterocycles. The Hall–Kier alpha value is -0.450. The monoisotopic (exact) mass is 204 g/mol. The summed E-state index contributed by atoms with van der Waals surface area (Å²) < 4.78 is 10.6. The van der Waals surface area contributed by atoms with Crippen LogP contribution in [0.3, 0.4) is 0 Å². The summed E-state index contributed by atoms with van der Waals surface area (Å²) in [6, 6.07) is 0. The van der Waals surface area contributed by atoms with Crippen molar-refractivity contribution in [2.75, 3.05) is 13.7 Å². The Morgan fingerprint density at radius 1 is 1.57 bits per heavy atom. The number of aldehydes is 1. The molecule has 0 aromatic carbocycles. The van der Waals surface area contributed by atoms with Crippen molar-refractivity contribution >= 4 is 6.29 Å². The first-order valence-electron chi connectivity index (χ1n) is 4.80. The molecule has 0 unspecified atom stereocenters. The van der Waals surface area contributed by atoms with Gasteiger partial charge in [0.2, 0.25) is 0 Å². The van der Waals surface area contributed by atoms with Crippen molar-refractivity contribution in [3.63, 3.8) is 0 Å². The molecule has 0 aromatic rings. The number of hydrogen-bond donors (Lipinski definition) is 1. The highest BCUT2D eigenvalue weighted by Gasteiger charge is 2.37. The van der Waals surface area contributed by atoms with Crippen molar-refractivity contribution in [1.82, 2.24) is 0 Å². The van der Waals surface area contributed by atoms with Crippen molar-refractivity contribution in [1.29, 1.82) is 0 Å². The maximum atomic E-state index is 10.5. The number of methoxy groups -OCH3 is 1. The maximum Gasteiger partial charge on any atom is 0.122 e. The van der Waals surface area contributed by atoms with Gasteiger partial charge in [-0.3, -0.25) is 0 Å². The van der Waals surface area contributed by atoms with Gasteiger partial charge in [-0.05, 0) is 20.8 Å². The zero-order valence-corrected chi connectivity index (χ0v) is 9.32. The largest absolute Gasteiger partial charge is 0.391 e. The summed E-state index contributed by atoms with van der Waals surface area (Å²) >= 11 is 0. The second kappa shape index (κ2) is 6.11. The lowest BCUT2D eigenvalue weighted by atomic mass is 9.92. The molecule has 0 radical (unpaired) electrons. The zero-order valence-electron chi connectivity index (χ0n) is 9.32. The van der Waals surface area contributed by atoms with Crippen LogP contribution in [0.15, 0.2) is 0 Å². The van der Waals surface area contributed by atoms with Crippen LogP contribution in [0.1, 0.15) is 27.2 Å². The van der Waals surface area contributed by atoms with Crippen molar-refractivity contribution in [3.05, 3.63) is 0 Å². The van der Waals surface area contributed by atoms with Crippen LogP contribution in [0.5, 0.6) is 0 Å². The fraction of sp³-hybridized carbons (Fsp3) is 0.900. The van der Waals surface area contributed by atoms with Crippen LogP contribution in [-0.4, -0.2) is 42.9 Å². The maximum absolute atomic E-state index is 10.5. The number of ether oxygens (including phenoxy) is 2. The van der Waals surface area contributed by atoms with E-state index in [4.69, 9.17) is 9.47 Å². The third kappa shape index (κ3) is 3.36. The van der Waals surface area contributed by atoms with Crippen LogP contribution in [0.4, 0.5) is 0 Å². The highest BCUT2D eigenvalue weighted by molar-refractivity contribution is 5.51. The predicted octanol–water partition coefficient (Wildman–Crippen LogP) is 0.766. The molecule has 0 saturated carbocycles. The Bertz CT molecular complexity index is 170. The molecule has 4 heteroatoms. The molecule has 3 atom stereocenters. The zero-order chi connectivity index (χ0) is 11.2. The van der Waals surface area contributed by atoms with E-state index in [2.05, 4.69) is 0 Å². The summed E-state index contributed by atoms with van der Waals surface area (Å²) in [6.45, 7) is 5.70. The van der Waals surface area contributed by atoms with E-state index in [1.807, 2.05) is 6.92 Å². The van der Waals surface area contributed by atoms with Gasteiger partial charge in [-0.15, -0.1) is 0 Å². The van der Waals surface area contributed by atoms with Crippen LogP contribution < -0.4 is 0 Å². The Labute approximate surface area is 85.2 Å². The summed E-state index contributed by atoms with van der Waals surface area (Å²) in [5.74, 6) is 0. The highest BCUT2D eigenvalue weighted by atomic mass is 16.6. The number of aliphatic hydroxyl groups excluding tert-OH is 1. The number of rotatable bonds is 7. The molecule has 0 amide bonds. The van der Waals surface area contributed by atoms with E-state index in [0.717, 1.165) is 6.29 Å². The fourth-order valence-corrected chi connectivity index (χ4v) is 1.49. The third-order valence-corrected chi connectivity index (χ3v) is 2.34. The topological polar surface area (TPSA) is 55.8 Å². The first-order chi connectivity index (χ1) is 6.51. The standard InChI is InChI=1S/C10H20O4/c1-5-14-9(8(2)12)10(3,13-4)6-7-11/h7-9,12H,5-6H2,1-4H3/t8-,9-,10+/m0/s1. The first kappa shape index (κ1) is 13.5. The molecule has 0 rings (SSSR count). The summed E-state index contributed by atoms with van der Waals surface area (Å²) in [4.78, 5) is 10.5. The predicted molar refractivity (Wildman–Crippen MR) is 53.2 cm³/mol. The van der Waals surface area contributed by atoms with Crippen LogP contribution in [0.2, 0.25) is 0 Å². The Morgan fingerprint density at radius 2 is 2.14 bits per heavy atom. The lowest BCUT2D eigenvalue weighted by Crippen LogP contribution is -2.49. The Morgan fingerprint density at radius 3 is 2.43 bits per heavy atom. The second-order valence-electron chi connectivity index (χ2n) is 3.50. The average Bonchev–Trinajstić information content (AvgIpc) is 2.14.